The van der Waals surface area contributed by atoms with Gasteiger partial charge in [-0.2, -0.15) is 0 Å². The maximum atomic E-state index is 14.4. The zero-order valence-corrected chi connectivity index (χ0v) is 25.9. The molecular weight excluding hydrogens is 580 g/mol. The first kappa shape index (κ1) is 32.2. The molecule has 0 bridgehead atoms. The highest BCUT2D eigenvalue weighted by atomic mass is 16.7. The van der Waals surface area contributed by atoms with Crippen LogP contribution in [0.4, 0.5) is 0 Å². The van der Waals surface area contributed by atoms with Crippen LogP contribution in [0, 0.1) is 5.92 Å². The Kier molecular flexibility index (Phi) is 11.3. The number of nitrogens with two attached hydrogens (primary N) is 2. The molecule has 5 rings (SSSR count). The molecule has 10 heteroatoms. The van der Waals surface area contributed by atoms with E-state index in [4.69, 9.17) is 20.9 Å². The Labute approximate surface area is 269 Å². The van der Waals surface area contributed by atoms with E-state index in [9.17, 15) is 9.59 Å². The lowest BCUT2D eigenvalue weighted by Crippen LogP contribution is -2.50. The summed E-state index contributed by atoms with van der Waals surface area (Å²) in [5.74, 6) is 0.0517. The molecule has 1 aromatic heterocycles. The third kappa shape index (κ3) is 9.13. The highest BCUT2D eigenvalue weighted by molar-refractivity contribution is 5.90. The van der Waals surface area contributed by atoms with Gasteiger partial charge < -0.3 is 36.1 Å². The predicted octanol–water partition coefficient (Wildman–Crippen LogP) is 4.37. The topological polar surface area (TPSA) is 148 Å². The average Bonchev–Trinajstić information content (AvgIpc) is 3.75. The highest BCUT2D eigenvalue weighted by Crippen LogP contribution is 2.26. The number of carbonyl (C=O) groups excluding carboxylic acids is 2. The van der Waals surface area contributed by atoms with Gasteiger partial charge in [-0.25, -0.2) is 0 Å². The first-order valence-electron chi connectivity index (χ1n) is 15.7. The molecule has 2 unspecified atom stereocenters. The molecule has 3 aromatic carbocycles. The van der Waals surface area contributed by atoms with Crippen molar-refractivity contribution in [3.8, 4) is 0 Å². The van der Waals surface area contributed by atoms with Gasteiger partial charge in [0.25, 0.3) is 0 Å². The van der Waals surface area contributed by atoms with Crippen molar-refractivity contribution >= 4 is 28.7 Å². The number of rotatable bonds is 16. The SMILES string of the molecule is NC(N)=NCCCCN(Cc1ccccc1)C(=O)C(Cc1c[nH]c2ccccc12)NC(=O)CC(Cc1ccccc1)C1=COCO1. The molecule has 1 aliphatic rings. The molecule has 0 radical (unpaired) electrons. The van der Waals surface area contributed by atoms with Gasteiger partial charge in [0.05, 0.1) is 0 Å². The Morgan fingerprint density at radius 2 is 1.63 bits per heavy atom. The van der Waals surface area contributed by atoms with Gasteiger partial charge in [0.1, 0.15) is 18.1 Å². The fraction of sp³-hybridized carbons (Fsp3) is 0.306. The van der Waals surface area contributed by atoms with Crippen LogP contribution in [0.25, 0.3) is 10.9 Å². The van der Waals surface area contributed by atoms with Gasteiger partial charge in [-0.3, -0.25) is 14.6 Å². The summed E-state index contributed by atoms with van der Waals surface area (Å²) in [6, 6.07) is 27.0. The molecule has 0 aliphatic carbocycles. The van der Waals surface area contributed by atoms with Crippen molar-refractivity contribution in [2.45, 2.75) is 44.7 Å². The fourth-order valence-corrected chi connectivity index (χ4v) is 5.75. The Balaban J connectivity index is 1.38. The number of carbonyl (C=O) groups is 2. The van der Waals surface area contributed by atoms with Gasteiger partial charge in [0, 0.05) is 55.5 Å². The number of aliphatic imine (C=N–C) groups is 1. The number of ether oxygens (including phenoxy) is 2. The summed E-state index contributed by atoms with van der Waals surface area (Å²) in [7, 11) is 0. The van der Waals surface area contributed by atoms with Crippen molar-refractivity contribution in [3.63, 3.8) is 0 Å². The normalized spacial score (nSPS) is 13.6. The average molecular weight is 623 g/mol. The van der Waals surface area contributed by atoms with Gasteiger partial charge in [0.2, 0.25) is 18.6 Å². The van der Waals surface area contributed by atoms with E-state index in [0.717, 1.165) is 27.6 Å². The lowest BCUT2D eigenvalue weighted by molar-refractivity contribution is -0.137. The Hall–Kier alpha value is -5.25. The van der Waals surface area contributed by atoms with Crippen molar-refractivity contribution in [2.24, 2.45) is 22.4 Å². The minimum absolute atomic E-state index is 0.0506. The molecule has 0 spiro atoms. The molecule has 4 aromatic rings. The summed E-state index contributed by atoms with van der Waals surface area (Å²) in [6.07, 6.45) is 5.99. The molecular formula is C36H42N6O4. The first-order chi connectivity index (χ1) is 22.5. The lowest BCUT2D eigenvalue weighted by Gasteiger charge is -2.29. The third-order valence-electron chi connectivity index (χ3n) is 8.04. The summed E-state index contributed by atoms with van der Waals surface area (Å²) in [5, 5.41) is 4.14. The van der Waals surface area contributed by atoms with Crippen LogP contribution in [0.3, 0.4) is 0 Å². The molecule has 2 heterocycles. The number of nitrogens with zero attached hydrogens (tertiary/aromatic N) is 2. The molecule has 46 heavy (non-hydrogen) atoms. The quantitative estimate of drug-likeness (QED) is 0.0829. The van der Waals surface area contributed by atoms with Crippen LogP contribution in [0.2, 0.25) is 0 Å². The summed E-state index contributed by atoms with van der Waals surface area (Å²) >= 11 is 0. The van der Waals surface area contributed by atoms with Crippen LogP contribution in [-0.2, 0) is 38.4 Å². The van der Waals surface area contributed by atoms with Gasteiger partial charge in [0.15, 0.2) is 5.96 Å². The molecule has 0 fully saturated rings. The zero-order chi connectivity index (χ0) is 32.1. The van der Waals surface area contributed by atoms with Crippen molar-refractivity contribution < 1.29 is 19.1 Å². The van der Waals surface area contributed by atoms with Crippen molar-refractivity contribution in [2.75, 3.05) is 19.9 Å². The van der Waals surface area contributed by atoms with Crippen LogP contribution in [-0.4, -0.2) is 53.6 Å². The van der Waals surface area contributed by atoms with Gasteiger partial charge in [-0.15, -0.1) is 0 Å². The smallest absolute Gasteiger partial charge is 0.245 e. The number of H-pyrrole nitrogens is 1. The number of para-hydroxylation sites is 1. The molecule has 2 amide bonds. The number of nitrogens with one attached hydrogen (secondary N) is 2. The van der Waals surface area contributed by atoms with Crippen LogP contribution in [0.1, 0.15) is 36.0 Å². The van der Waals surface area contributed by atoms with Crippen LogP contribution in [0.15, 0.2) is 108 Å². The van der Waals surface area contributed by atoms with Gasteiger partial charge in [-0.1, -0.05) is 78.9 Å². The maximum Gasteiger partial charge on any atom is 0.245 e. The molecule has 1 aliphatic heterocycles. The summed E-state index contributed by atoms with van der Waals surface area (Å²) in [5.41, 5.74) is 15.0. The van der Waals surface area contributed by atoms with E-state index in [0.29, 0.717) is 51.1 Å². The van der Waals surface area contributed by atoms with E-state index in [2.05, 4.69) is 15.3 Å². The van der Waals surface area contributed by atoms with E-state index in [1.54, 1.807) is 6.26 Å². The van der Waals surface area contributed by atoms with Crippen LogP contribution >= 0.6 is 0 Å². The summed E-state index contributed by atoms with van der Waals surface area (Å²) < 4.78 is 11.1. The minimum Gasteiger partial charge on any atom is -0.462 e. The fourth-order valence-electron chi connectivity index (χ4n) is 5.75. The third-order valence-corrected chi connectivity index (χ3v) is 8.04. The number of hydrogen-bond acceptors (Lipinski definition) is 5. The van der Waals surface area contributed by atoms with E-state index in [1.165, 1.54) is 0 Å². The predicted molar refractivity (Wildman–Crippen MR) is 179 cm³/mol. The summed E-state index contributed by atoms with van der Waals surface area (Å²) in [6.45, 7) is 1.51. The number of unbranched alkanes of at least 4 members (excludes halogenated alkanes) is 1. The zero-order valence-electron chi connectivity index (χ0n) is 25.9. The first-order valence-corrected chi connectivity index (χ1v) is 15.7. The van der Waals surface area contributed by atoms with Crippen molar-refractivity contribution in [3.05, 3.63) is 120 Å². The molecule has 240 valence electrons. The van der Waals surface area contributed by atoms with E-state index < -0.39 is 6.04 Å². The van der Waals surface area contributed by atoms with E-state index in [1.807, 2.05) is 96.0 Å². The lowest BCUT2D eigenvalue weighted by atomic mass is 9.93. The van der Waals surface area contributed by atoms with Crippen LogP contribution < -0.4 is 16.8 Å². The number of guanidine groups is 1. The highest BCUT2D eigenvalue weighted by Gasteiger charge is 2.30. The Morgan fingerprint density at radius 1 is 0.913 bits per heavy atom. The Bertz CT molecular complexity index is 1630. The van der Waals surface area contributed by atoms with Gasteiger partial charge in [-0.05, 0) is 42.0 Å². The van der Waals surface area contributed by atoms with Gasteiger partial charge >= 0.3 is 0 Å². The maximum absolute atomic E-state index is 14.4. The monoisotopic (exact) mass is 622 g/mol. The second-order valence-electron chi connectivity index (χ2n) is 11.5. The number of aromatic amines is 1. The van der Waals surface area contributed by atoms with Crippen molar-refractivity contribution in [1.82, 2.24) is 15.2 Å². The molecule has 0 saturated heterocycles. The minimum atomic E-state index is -0.791. The van der Waals surface area contributed by atoms with E-state index >= 15 is 0 Å². The standard InChI is InChI=1S/C36H42N6O4/c37-36(38)39-17-9-10-18-42(23-27-13-5-2-6-14-27)35(44)32(20-29-22-40-31-16-8-7-15-30(29)31)41-34(43)21-28(33-24-45-25-46-33)19-26-11-3-1-4-12-26/h1-8,11-16,22,24,28,32,40H,9-10,17-21,23,25H2,(H,41,43)(H4,37,38,39). The second-order valence-corrected chi connectivity index (χ2v) is 11.5. The number of aromatic nitrogens is 1. The molecule has 10 nitrogen and oxygen atoms in total. The summed E-state index contributed by atoms with van der Waals surface area (Å²) in [4.78, 5) is 37.4. The number of allylic oxidation sites excluding steroid dienone is 1. The molecule has 0 saturated carbocycles. The molecule has 6 N–H and O–H groups in total. The molecule has 2 atom stereocenters. The van der Waals surface area contributed by atoms with Crippen LogP contribution in [0.5, 0.6) is 0 Å². The van der Waals surface area contributed by atoms with Crippen molar-refractivity contribution in [1.29, 1.82) is 0 Å². The number of amides is 2. The number of hydrogen-bond donors (Lipinski definition) is 4. The number of fused-ring (bicyclic) bond motifs is 1. The second kappa shape index (κ2) is 16.2. The Morgan fingerprint density at radius 3 is 2.35 bits per heavy atom. The van der Waals surface area contributed by atoms with E-state index in [-0.39, 0.29) is 36.9 Å². The largest absolute Gasteiger partial charge is 0.462 e. The number of benzene rings is 3.